The number of allylic oxidation sites excluding steroid dienone is 1. The van der Waals surface area contributed by atoms with Gasteiger partial charge in [-0.2, -0.15) is 5.10 Å². The summed E-state index contributed by atoms with van der Waals surface area (Å²) < 4.78 is 13.2. The predicted octanol–water partition coefficient (Wildman–Crippen LogP) is 6.10. The lowest BCUT2D eigenvalue weighted by Crippen LogP contribution is -2.22. The van der Waals surface area contributed by atoms with Gasteiger partial charge in [-0.1, -0.05) is 25.3 Å². The molecule has 0 amide bonds. The first-order valence-corrected chi connectivity index (χ1v) is 10.6. The number of rotatable bonds is 4. The molecule has 142 valence electrons. The van der Waals surface area contributed by atoms with Crippen molar-refractivity contribution in [2.45, 2.75) is 19.3 Å². The number of aromatic amines is 1. The van der Waals surface area contributed by atoms with Crippen LogP contribution in [-0.4, -0.2) is 20.2 Å². The van der Waals surface area contributed by atoms with E-state index in [1.54, 1.807) is 29.7 Å². The Bertz CT molecular complexity index is 1030. The molecular weight excluding hydrogens is 391 g/mol. The smallest absolute Gasteiger partial charge is 0.123 e. The zero-order valence-electron chi connectivity index (χ0n) is 15.3. The topological polar surface area (TPSA) is 65.4 Å². The van der Waals surface area contributed by atoms with Crippen molar-refractivity contribution in [2.75, 3.05) is 0 Å². The van der Waals surface area contributed by atoms with Crippen LogP contribution in [0.4, 0.5) is 4.39 Å². The minimum atomic E-state index is -0.270. The Morgan fingerprint density at radius 2 is 2.14 bits per heavy atom. The molecule has 3 heterocycles. The molecular formula is C21H19FN4S2. The highest BCUT2D eigenvalue weighted by Gasteiger charge is 2.31. The minimum Gasteiger partial charge on any atom is -0.298 e. The maximum absolute atomic E-state index is 13.2. The zero-order valence-corrected chi connectivity index (χ0v) is 16.9. The number of benzene rings is 1. The Hall–Kier alpha value is -2.51. The number of hydrogen-bond donors (Lipinski definition) is 2. The molecule has 0 radical (unpaired) electrons. The summed E-state index contributed by atoms with van der Waals surface area (Å²) in [5.74, 6) is 0.0249. The van der Waals surface area contributed by atoms with Gasteiger partial charge in [0.2, 0.25) is 0 Å². The fourth-order valence-corrected chi connectivity index (χ4v) is 5.14. The van der Waals surface area contributed by atoms with Gasteiger partial charge in [-0.3, -0.25) is 10.5 Å². The van der Waals surface area contributed by atoms with Gasteiger partial charge < -0.3 is 0 Å². The summed E-state index contributed by atoms with van der Waals surface area (Å²) in [6, 6.07) is 6.31. The quantitative estimate of drug-likeness (QED) is 0.546. The second-order valence-electron chi connectivity index (χ2n) is 6.76. The van der Waals surface area contributed by atoms with E-state index in [1.165, 1.54) is 23.9 Å². The van der Waals surface area contributed by atoms with Crippen LogP contribution in [0.5, 0.6) is 0 Å². The van der Waals surface area contributed by atoms with Gasteiger partial charge in [0.1, 0.15) is 5.82 Å². The van der Waals surface area contributed by atoms with Crippen molar-refractivity contribution >= 4 is 34.2 Å². The van der Waals surface area contributed by atoms with Crippen LogP contribution in [0, 0.1) is 17.1 Å². The van der Waals surface area contributed by atoms with Gasteiger partial charge in [-0.25, -0.2) is 9.37 Å². The SMILES string of the molecule is C=C1CC(C(C)c2nccs2)C(=N)SC1=Cc1cn[nH]c1-c1ccc(F)cc1. The van der Waals surface area contributed by atoms with Crippen molar-refractivity contribution in [3.8, 4) is 11.3 Å². The van der Waals surface area contributed by atoms with Crippen LogP contribution in [-0.2, 0) is 0 Å². The standard InChI is InChI=1S/C21H19FN4S2/c1-12-9-17(13(2)21-24-7-8-27-21)20(23)28-18(12)10-15-11-25-26-19(15)14-3-5-16(22)6-4-14/h3-8,10-11,13,17,23H,1,9H2,2H3,(H,25,26). The molecule has 0 aliphatic carbocycles. The summed E-state index contributed by atoms with van der Waals surface area (Å²) in [5.41, 5.74) is 3.60. The van der Waals surface area contributed by atoms with Crippen LogP contribution < -0.4 is 0 Å². The largest absolute Gasteiger partial charge is 0.298 e. The number of thiazole rings is 1. The third-order valence-electron chi connectivity index (χ3n) is 4.90. The summed E-state index contributed by atoms with van der Waals surface area (Å²) in [4.78, 5) is 5.38. The van der Waals surface area contributed by atoms with E-state index in [9.17, 15) is 4.39 Å². The molecule has 0 spiro atoms. The fourth-order valence-electron chi connectivity index (χ4n) is 3.29. The lowest BCUT2D eigenvalue weighted by molar-refractivity contribution is 0.572. The summed E-state index contributed by atoms with van der Waals surface area (Å²) in [5, 5.41) is 19.4. The van der Waals surface area contributed by atoms with Gasteiger partial charge in [0.25, 0.3) is 0 Å². The Morgan fingerprint density at radius 1 is 1.36 bits per heavy atom. The van der Waals surface area contributed by atoms with E-state index in [0.717, 1.165) is 38.7 Å². The van der Waals surface area contributed by atoms with Crippen LogP contribution in [0.15, 0.2) is 59.1 Å². The number of nitrogens with zero attached hydrogens (tertiary/aromatic N) is 2. The van der Waals surface area contributed by atoms with E-state index in [1.807, 2.05) is 17.7 Å². The second kappa shape index (κ2) is 7.85. The minimum absolute atomic E-state index is 0.0988. The molecule has 1 saturated heterocycles. The average Bonchev–Trinajstić information content (AvgIpc) is 3.37. The Kier molecular flexibility index (Phi) is 5.28. The van der Waals surface area contributed by atoms with Crippen LogP contribution in [0.2, 0.25) is 0 Å². The Morgan fingerprint density at radius 3 is 2.86 bits per heavy atom. The lowest BCUT2D eigenvalue weighted by Gasteiger charge is -2.29. The first-order chi connectivity index (χ1) is 13.5. The summed E-state index contributed by atoms with van der Waals surface area (Å²) in [6.07, 6.45) is 6.30. The van der Waals surface area contributed by atoms with Gasteiger partial charge in [0.15, 0.2) is 0 Å². The molecule has 1 aliphatic heterocycles. The van der Waals surface area contributed by atoms with Crippen LogP contribution in [0.25, 0.3) is 17.3 Å². The van der Waals surface area contributed by atoms with Gasteiger partial charge in [0, 0.05) is 39.4 Å². The predicted molar refractivity (Wildman–Crippen MR) is 115 cm³/mol. The number of thioether (sulfide) groups is 1. The average molecular weight is 411 g/mol. The van der Waals surface area contributed by atoms with Crippen molar-refractivity contribution in [1.82, 2.24) is 15.2 Å². The Labute approximate surface area is 171 Å². The summed E-state index contributed by atoms with van der Waals surface area (Å²) in [7, 11) is 0. The molecule has 7 heteroatoms. The van der Waals surface area contributed by atoms with Crippen LogP contribution in [0.3, 0.4) is 0 Å². The molecule has 0 saturated carbocycles. The zero-order chi connectivity index (χ0) is 19.7. The van der Waals surface area contributed by atoms with Gasteiger partial charge in [0.05, 0.1) is 21.9 Å². The van der Waals surface area contributed by atoms with Crippen molar-refractivity contribution in [2.24, 2.45) is 5.92 Å². The highest BCUT2D eigenvalue weighted by molar-refractivity contribution is 8.17. The molecule has 2 atom stereocenters. The number of aromatic nitrogens is 3. The molecule has 2 unspecified atom stereocenters. The van der Waals surface area contributed by atoms with E-state index in [-0.39, 0.29) is 17.7 Å². The van der Waals surface area contributed by atoms with Crippen molar-refractivity contribution in [1.29, 1.82) is 5.41 Å². The maximum atomic E-state index is 13.2. The van der Waals surface area contributed by atoms with Crippen molar-refractivity contribution in [3.05, 3.63) is 75.5 Å². The van der Waals surface area contributed by atoms with Gasteiger partial charge >= 0.3 is 0 Å². The third kappa shape index (κ3) is 3.72. The first kappa shape index (κ1) is 18.8. The number of hydrogen-bond acceptors (Lipinski definition) is 5. The van der Waals surface area contributed by atoms with E-state index in [2.05, 4.69) is 28.7 Å². The monoisotopic (exact) mass is 410 g/mol. The lowest BCUT2D eigenvalue weighted by atomic mass is 9.88. The fraction of sp³-hybridized carbons (Fsp3) is 0.190. The van der Waals surface area contributed by atoms with E-state index < -0.39 is 0 Å². The number of H-pyrrole nitrogens is 1. The molecule has 1 fully saturated rings. The molecule has 4 rings (SSSR count). The summed E-state index contributed by atoms with van der Waals surface area (Å²) in [6.45, 7) is 6.38. The van der Waals surface area contributed by atoms with Gasteiger partial charge in [-0.05, 0) is 42.3 Å². The molecule has 0 bridgehead atoms. The molecule has 2 aromatic heterocycles. The van der Waals surface area contributed by atoms with Crippen molar-refractivity contribution in [3.63, 3.8) is 0 Å². The first-order valence-electron chi connectivity index (χ1n) is 8.87. The Balaban J connectivity index is 1.58. The molecule has 3 aromatic rings. The van der Waals surface area contributed by atoms with E-state index >= 15 is 0 Å². The highest BCUT2D eigenvalue weighted by Crippen LogP contribution is 2.44. The molecule has 1 aliphatic rings. The normalized spacial score (nSPS) is 19.9. The second-order valence-corrected chi connectivity index (χ2v) is 8.77. The molecule has 2 N–H and O–H groups in total. The number of nitrogens with one attached hydrogen (secondary N) is 2. The molecule has 1 aromatic carbocycles. The van der Waals surface area contributed by atoms with Crippen molar-refractivity contribution < 1.29 is 4.39 Å². The van der Waals surface area contributed by atoms with Crippen LogP contribution >= 0.6 is 23.1 Å². The maximum Gasteiger partial charge on any atom is 0.123 e. The highest BCUT2D eigenvalue weighted by atomic mass is 32.2. The van der Waals surface area contributed by atoms with E-state index in [0.29, 0.717) is 5.04 Å². The molecule has 4 nitrogen and oxygen atoms in total. The molecule has 28 heavy (non-hydrogen) atoms. The third-order valence-corrected chi connectivity index (χ3v) is 7.03. The van der Waals surface area contributed by atoms with Crippen LogP contribution in [0.1, 0.15) is 29.8 Å². The van der Waals surface area contributed by atoms with Gasteiger partial charge in [-0.15, -0.1) is 11.3 Å². The summed E-state index contributed by atoms with van der Waals surface area (Å²) >= 11 is 3.09. The number of halogens is 1. The van der Waals surface area contributed by atoms with E-state index in [4.69, 9.17) is 5.41 Å².